The number of aliphatic hydroxyl groups is 1. The zero-order chi connectivity index (χ0) is 31.5. The van der Waals surface area contributed by atoms with Crippen LogP contribution in [0.2, 0.25) is 0 Å². The monoisotopic (exact) mass is 630 g/mol. The molecule has 0 aliphatic carbocycles. The van der Waals surface area contributed by atoms with Gasteiger partial charge in [0.15, 0.2) is 6.10 Å². The van der Waals surface area contributed by atoms with Crippen LogP contribution in [0.4, 0.5) is 14.6 Å². The molecule has 4 N–H and O–H groups in total. The zero-order valence-electron chi connectivity index (χ0n) is 23.3. The molecule has 3 aromatic carbocycles. The first-order valence-corrected chi connectivity index (χ1v) is 15.0. The van der Waals surface area contributed by atoms with Crippen LogP contribution in [-0.2, 0) is 30.0 Å². The van der Waals surface area contributed by atoms with Crippen LogP contribution in [0, 0.1) is 0 Å². The van der Waals surface area contributed by atoms with E-state index in [0.29, 0.717) is 9.95 Å². The van der Waals surface area contributed by atoms with Gasteiger partial charge in [0.2, 0.25) is 6.23 Å². The number of aromatic nitrogens is 2. The maximum Gasteiger partial charge on any atom is 0.459 e. The number of hydrogen-bond donors (Lipinski definition) is 3. The second-order valence-corrected chi connectivity index (χ2v) is 11.7. The standard InChI is InChI=1S/C29H29F2N4O8P/c1-18(26(37)40-16-19-8-3-2-4-9-19)34-44(39,43-22-13-7-11-20-10-5-6-12-21(20)22)41-17-23-25(36)29(30,31)27(42-23)35-15-14-24(32)33-28(35)38/h2-15,18,23,25,27,36H,16-17H2,1H3,(H,34,39)(H2,32,33,38)/t18-,23+,25+,27+,44?/m0/s1. The minimum atomic E-state index is -4.56. The Morgan fingerprint density at radius 1 is 1.14 bits per heavy atom. The first-order chi connectivity index (χ1) is 21.0. The van der Waals surface area contributed by atoms with E-state index in [-0.39, 0.29) is 18.2 Å². The third-order valence-corrected chi connectivity index (χ3v) is 8.42. The van der Waals surface area contributed by atoms with Gasteiger partial charge in [-0.25, -0.2) is 9.36 Å². The van der Waals surface area contributed by atoms with Gasteiger partial charge in [-0.2, -0.15) is 18.9 Å². The molecule has 1 unspecified atom stereocenters. The molecule has 0 bridgehead atoms. The van der Waals surface area contributed by atoms with Crippen molar-refractivity contribution in [3.8, 4) is 5.75 Å². The van der Waals surface area contributed by atoms with E-state index in [9.17, 15) is 19.3 Å². The van der Waals surface area contributed by atoms with Gasteiger partial charge in [0.1, 0.15) is 30.3 Å². The highest BCUT2D eigenvalue weighted by molar-refractivity contribution is 7.52. The molecule has 4 aromatic rings. The van der Waals surface area contributed by atoms with E-state index < -0.39 is 56.4 Å². The number of esters is 1. The Morgan fingerprint density at radius 3 is 2.59 bits per heavy atom. The van der Waals surface area contributed by atoms with Crippen molar-refractivity contribution >= 4 is 30.3 Å². The molecule has 1 aliphatic rings. The number of aliphatic hydroxyl groups excluding tert-OH is 1. The number of anilines is 1. The number of hydrogen-bond acceptors (Lipinski definition) is 10. The fraction of sp³-hybridized carbons (Fsp3) is 0.276. The number of ether oxygens (including phenoxy) is 2. The third-order valence-electron chi connectivity index (χ3n) is 6.79. The fourth-order valence-corrected chi connectivity index (χ4v) is 6.04. The topological polar surface area (TPSA) is 164 Å². The largest absolute Gasteiger partial charge is 0.460 e. The van der Waals surface area contributed by atoms with Crippen LogP contribution in [0.5, 0.6) is 5.75 Å². The molecule has 1 aliphatic heterocycles. The lowest BCUT2D eigenvalue weighted by molar-refractivity contribution is -0.146. The van der Waals surface area contributed by atoms with E-state index in [1.165, 1.54) is 13.0 Å². The Balaban J connectivity index is 1.36. The van der Waals surface area contributed by atoms with Crippen molar-refractivity contribution in [3.63, 3.8) is 0 Å². The van der Waals surface area contributed by atoms with Crippen LogP contribution in [-0.4, -0.2) is 51.4 Å². The second kappa shape index (κ2) is 12.8. The molecule has 0 spiro atoms. The van der Waals surface area contributed by atoms with E-state index in [0.717, 1.165) is 23.2 Å². The minimum absolute atomic E-state index is 0.0566. The summed E-state index contributed by atoms with van der Waals surface area (Å²) in [5.41, 5.74) is 5.04. The Labute approximate surface area is 249 Å². The smallest absolute Gasteiger partial charge is 0.459 e. The predicted molar refractivity (Wildman–Crippen MR) is 155 cm³/mol. The lowest BCUT2D eigenvalue weighted by Gasteiger charge is -2.25. The molecule has 0 radical (unpaired) electrons. The minimum Gasteiger partial charge on any atom is -0.460 e. The molecule has 232 valence electrons. The van der Waals surface area contributed by atoms with Gasteiger partial charge in [-0.15, -0.1) is 0 Å². The van der Waals surface area contributed by atoms with Gasteiger partial charge < -0.3 is 24.8 Å². The summed E-state index contributed by atoms with van der Waals surface area (Å²) in [7, 11) is -4.56. The van der Waals surface area contributed by atoms with E-state index >= 15 is 8.78 Å². The summed E-state index contributed by atoms with van der Waals surface area (Å²) in [4.78, 5) is 28.4. The number of benzene rings is 3. The van der Waals surface area contributed by atoms with E-state index in [1.54, 1.807) is 60.7 Å². The number of rotatable bonds is 11. The summed E-state index contributed by atoms with van der Waals surface area (Å²) in [6, 6.07) is 20.7. The predicted octanol–water partition coefficient (Wildman–Crippen LogP) is 3.80. The Kier molecular flexibility index (Phi) is 9.09. The molecular weight excluding hydrogens is 601 g/mol. The molecule has 1 fully saturated rings. The summed E-state index contributed by atoms with van der Waals surface area (Å²) >= 11 is 0. The normalized spacial score (nSPS) is 21.4. The summed E-state index contributed by atoms with van der Waals surface area (Å²) in [5.74, 6) is -4.85. The lowest BCUT2D eigenvalue weighted by Crippen LogP contribution is -2.42. The van der Waals surface area contributed by atoms with Crippen molar-refractivity contribution in [1.82, 2.24) is 14.6 Å². The highest BCUT2D eigenvalue weighted by atomic mass is 31.2. The van der Waals surface area contributed by atoms with Crippen molar-refractivity contribution in [2.45, 2.75) is 43.9 Å². The third kappa shape index (κ3) is 6.79. The van der Waals surface area contributed by atoms with Gasteiger partial charge in [-0.3, -0.25) is 13.9 Å². The number of carbonyl (C=O) groups is 1. The molecule has 2 heterocycles. The summed E-state index contributed by atoms with van der Waals surface area (Å²) < 4.78 is 66.7. The molecule has 1 saturated heterocycles. The van der Waals surface area contributed by atoms with Crippen LogP contribution in [0.3, 0.4) is 0 Å². The maximum atomic E-state index is 15.1. The average molecular weight is 631 g/mol. The molecule has 1 aromatic heterocycles. The Hall–Kier alpha value is -4.20. The van der Waals surface area contributed by atoms with Crippen LogP contribution in [0.1, 0.15) is 18.7 Å². The highest BCUT2D eigenvalue weighted by Crippen LogP contribution is 2.49. The van der Waals surface area contributed by atoms with Crippen molar-refractivity contribution in [2.75, 3.05) is 12.3 Å². The number of nitrogens with one attached hydrogen (secondary N) is 1. The molecule has 15 heteroatoms. The van der Waals surface area contributed by atoms with Crippen LogP contribution >= 0.6 is 7.75 Å². The SMILES string of the molecule is C[C@H](NP(=O)(OC[C@H]1O[C@@H](n2ccc(N)nc2=O)C(F)(F)[C@@H]1O)Oc1cccc2ccccc12)C(=O)OCc1ccccc1. The molecule has 44 heavy (non-hydrogen) atoms. The average Bonchev–Trinajstić information content (AvgIpc) is 3.23. The van der Waals surface area contributed by atoms with Gasteiger partial charge in [0.25, 0.3) is 0 Å². The summed E-state index contributed by atoms with van der Waals surface area (Å²) in [6.07, 6.45) is -5.55. The number of nitrogen functional groups attached to an aromatic ring is 1. The molecular formula is C29H29F2N4O8P. The van der Waals surface area contributed by atoms with Gasteiger partial charge in [-0.05, 0) is 30.0 Å². The summed E-state index contributed by atoms with van der Waals surface area (Å²) in [6.45, 7) is 0.422. The Bertz CT molecular complexity index is 1740. The van der Waals surface area contributed by atoms with E-state index in [1.807, 2.05) is 6.07 Å². The molecule has 12 nitrogen and oxygen atoms in total. The molecule has 5 rings (SSSR count). The van der Waals surface area contributed by atoms with Gasteiger partial charge in [0, 0.05) is 11.6 Å². The van der Waals surface area contributed by atoms with E-state index in [4.69, 9.17) is 24.3 Å². The van der Waals surface area contributed by atoms with Gasteiger partial charge in [-0.1, -0.05) is 66.7 Å². The van der Waals surface area contributed by atoms with E-state index in [2.05, 4.69) is 10.1 Å². The quantitative estimate of drug-likeness (QED) is 0.163. The van der Waals surface area contributed by atoms with Gasteiger partial charge >= 0.3 is 25.3 Å². The fourth-order valence-electron chi connectivity index (χ4n) is 4.52. The number of alkyl halides is 2. The number of nitrogens with zero attached hydrogens (tertiary/aromatic N) is 2. The lowest BCUT2D eigenvalue weighted by atomic mass is 10.1. The van der Waals surface area contributed by atoms with Crippen molar-refractivity contribution in [3.05, 3.63) is 101 Å². The number of nitrogens with two attached hydrogens (primary N) is 1. The first-order valence-electron chi connectivity index (χ1n) is 13.4. The number of halogens is 2. The van der Waals surface area contributed by atoms with Gasteiger partial charge in [0.05, 0.1) is 6.61 Å². The molecule has 0 amide bonds. The second-order valence-electron chi connectivity index (χ2n) is 9.99. The maximum absolute atomic E-state index is 15.1. The Morgan fingerprint density at radius 2 is 1.84 bits per heavy atom. The molecule has 5 atom stereocenters. The summed E-state index contributed by atoms with van der Waals surface area (Å²) in [5, 5.41) is 14.2. The highest BCUT2D eigenvalue weighted by Gasteiger charge is 2.60. The number of carbonyl (C=O) groups excluding carboxylic acids is 1. The van der Waals surface area contributed by atoms with Crippen molar-refractivity contribution < 1.29 is 41.8 Å². The zero-order valence-corrected chi connectivity index (χ0v) is 24.2. The van der Waals surface area contributed by atoms with Crippen molar-refractivity contribution in [2.24, 2.45) is 0 Å². The number of fused-ring (bicyclic) bond motifs is 1. The molecule has 0 saturated carbocycles. The first kappa shape index (κ1) is 31.2. The van der Waals surface area contributed by atoms with Crippen LogP contribution in [0.25, 0.3) is 10.8 Å². The van der Waals surface area contributed by atoms with Crippen LogP contribution < -0.4 is 21.0 Å². The van der Waals surface area contributed by atoms with Crippen molar-refractivity contribution in [1.29, 1.82) is 0 Å². The van der Waals surface area contributed by atoms with Crippen LogP contribution in [0.15, 0.2) is 89.9 Å².